The zero-order chi connectivity index (χ0) is 17.4. The van der Waals surface area contributed by atoms with Crippen LogP contribution in [0.15, 0.2) is 65.8 Å². The summed E-state index contributed by atoms with van der Waals surface area (Å²) in [6.07, 6.45) is 0.941. The topological polar surface area (TPSA) is 32.7 Å². The third-order valence-electron chi connectivity index (χ3n) is 3.90. The number of nitrogens with zero attached hydrogens (tertiary/aromatic N) is 2. The maximum Gasteiger partial charge on any atom is 0.157 e. The molecule has 0 radical (unpaired) electrons. The Labute approximate surface area is 146 Å². The Bertz CT molecular complexity index is 669. The summed E-state index contributed by atoms with van der Waals surface area (Å²) in [4.78, 5) is 12.0. The molecule has 0 saturated carbocycles. The van der Waals surface area contributed by atoms with E-state index in [0.29, 0.717) is 12.8 Å². The van der Waals surface area contributed by atoms with Crippen LogP contribution in [0.4, 0.5) is 0 Å². The zero-order valence-electron chi connectivity index (χ0n) is 14.8. The Kier molecular flexibility index (Phi) is 6.94. The van der Waals surface area contributed by atoms with Gasteiger partial charge in [-0.3, -0.25) is 4.79 Å². The highest BCUT2D eigenvalue weighted by molar-refractivity contribution is 6.52. The minimum atomic E-state index is -1.15. The van der Waals surface area contributed by atoms with E-state index in [9.17, 15) is 4.79 Å². The van der Waals surface area contributed by atoms with Gasteiger partial charge in [0, 0.05) is 6.42 Å². The lowest BCUT2D eigenvalue weighted by Crippen LogP contribution is -2.31. The number of carbonyl (C=O) groups excluding carboxylic acids is 1. The average Bonchev–Trinajstić information content (AvgIpc) is 2.61. The highest BCUT2D eigenvalue weighted by Gasteiger charge is 2.14. The van der Waals surface area contributed by atoms with Crippen LogP contribution < -0.4 is 0 Å². The van der Waals surface area contributed by atoms with Crippen molar-refractivity contribution in [3.8, 4) is 0 Å². The molecule has 0 atom stereocenters. The summed E-state index contributed by atoms with van der Waals surface area (Å²) in [6.45, 7) is 7.22. The van der Waals surface area contributed by atoms with Gasteiger partial charge in [-0.2, -0.15) is 5.10 Å². The number of hydrogen-bond donors (Lipinski definition) is 0. The van der Waals surface area contributed by atoms with Crippen molar-refractivity contribution in [1.82, 2.24) is 4.67 Å². The average molecular weight is 339 g/mol. The van der Waals surface area contributed by atoms with Crippen LogP contribution in [0.1, 0.15) is 30.9 Å². The van der Waals surface area contributed by atoms with Gasteiger partial charge in [-0.1, -0.05) is 80.7 Å². The van der Waals surface area contributed by atoms with E-state index < -0.39 is 8.96 Å². The second kappa shape index (κ2) is 9.18. The van der Waals surface area contributed by atoms with Crippen LogP contribution in [0.2, 0.25) is 13.1 Å². The van der Waals surface area contributed by atoms with Crippen molar-refractivity contribution in [2.75, 3.05) is 0 Å². The van der Waals surface area contributed by atoms with Crippen LogP contribution in [-0.4, -0.2) is 25.1 Å². The summed E-state index contributed by atoms with van der Waals surface area (Å²) >= 11 is 0. The fourth-order valence-electron chi connectivity index (χ4n) is 2.40. The lowest BCUT2D eigenvalue weighted by atomic mass is 10.0. The van der Waals surface area contributed by atoms with E-state index in [1.54, 1.807) is 0 Å². The van der Waals surface area contributed by atoms with Crippen LogP contribution in [0.5, 0.6) is 0 Å². The Morgan fingerprint density at radius 2 is 1.58 bits per heavy atom. The fraction of sp³-hybridized carbons (Fsp3) is 0.300. The molecule has 0 bridgehead atoms. The van der Waals surface area contributed by atoms with Gasteiger partial charge >= 0.3 is 0 Å². The maximum atomic E-state index is 12.0. The Morgan fingerprint density at radius 3 is 2.12 bits per heavy atom. The molecule has 0 aliphatic carbocycles. The SMILES string of the molecule is CCC(=O)CC(=NN(Cc1ccccc1)[SiH](C)C)c1ccccc1. The molecule has 0 amide bonds. The fourth-order valence-corrected chi connectivity index (χ4v) is 3.34. The first-order valence-corrected chi connectivity index (χ1v) is 11.4. The van der Waals surface area contributed by atoms with E-state index >= 15 is 0 Å². The number of benzene rings is 2. The number of ketones is 1. The molecule has 0 aromatic heterocycles. The smallest absolute Gasteiger partial charge is 0.157 e. The molecule has 0 N–H and O–H groups in total. The minimum Gasteiger partial charge on any atom is -0.324 e. The molecule has 0 saturated heterocycles. The van der Waals surface area contributed by atoms with Gasteiger partial charge in [0.05, 0.1) is 18.7 Å². The van der Waals surface area contributed by atoms with Crippen molar-refractivity contribution in [2.24, 2.45) is 5.10 Å². The van der Waals surface area contributed by atoms with Gasteiger partial charge in [0.1, 0.15) is 5.78 Å². The molecule has 126 valence electrons. The van der Waals surface area contributed by atoms with Crippen molar-refractivity contribution in [1.29, 1.82) is 0 Å². The molecule has 0 heterocycles. The van der Waals surface area contributed by atoms with Crippen molar-refractivity contribution < 1.29 is 4.79 Å². The lowest BCUT2D eigenvalue weighted by molar-refractivity contribution is -0.117. The Balaban J connectivity index is 2.31. The summed E-state index contributed by atoms with van der Waals surface area (Å²) in [6, 6.07) is 20.4. The second-order valence-corrected chi connectivity index (χ2v) is 8.94. The first-order valence-electron chi connectivity index (χ1n) is 8.55. The minimum absolute atomic E-state index is 0.225. The standard InChI is InChI=1S/C20H26N2OSi/c1-4-19(23)15-20(18-13-9-6-10-14-18)21-22(24(2)3)16-17-11-7-5-8-12-17/h5-14,24H,4,15-16H2,1-3H3. The first-order chi connectivity index (χ1) is 11.6. The van der Waals surface area contributed by atoms with E-state index in [2.05, 4.69) is 42.0 Å². The summed E-state index contributed by atoms with van der Waals surface area (Å²) in [7, 11) is -1.15. The van der Waals surface area contributed by atoms with Crippen LogP contribution in [-0.2, 0) is 11.3 Å². The Hall–Kier alpha value is -2.20. The molecule has 3 nitrogen and oxygen atoms in total. The lowest BCUT2D eigenvalue weighted by Gasteiger charge is -2.25. The molecule has 2 rings (SSSR count). The maximum absolute atomic E-state index is 12.0. The van der Waals surface area contributed by atoms with E-state index in [0.717, 1.165) is 17.8 Å². The van der Waals surface area contributed by atoms with Gasteiger partial charge in [-0.15, -0.1) is 0 Å². The quantitative estimate of drug-likeness (QED) is 0.409. The third-order valence-corrected chi connectivity index (χ3v) is 5.39. The molecule has 2 aromatic carbocycles. The number of hydrazone groups is 1. The van der Waals surface area contributed by atoms with E-state index in [1.165, 1.54) is 5.56 Å². The zero-order valence-corrected chi connectivity index (χ0v) is 15.9. The molecule has 0 unspecified atom stereocenters. The van der Waals surface area contributed by atoms with E-state index in [4.69, 9.17) is 5.10 Å². The van der Waals surface area contributed by atoms with Gasteiger partial charge in [0.15, 0.2) is 8.96 Å². The van der Waals surface area contributed by atoms with Crippen molar-refractivity contribution >= 4 is 20.5 Å². The first kappa shape index (κ1) is 18.1. The molecule has 4 heteroatoms. The van der Waals surface area contributed by atoms with Crippen LogP contribution >= 0.6 is 0 Å². The molecule has 0 aliphatic rings. The summed E-state index contributed by atoms with van der Waals surface area (Å²) in [5, 5.41) is 4.92. The number of carbonyl (C=O) groups is 1. The Morgan fingerprint density at radius 1 is 1.00 bits per heavy atom. The third kappa shape index (κ3) is 5.46. The van der Waals surface area contributed by atoms with Crippen LogP contribution in [0, 0.1) is 0 Å². The van der Waals surface area contributed by atoms with Crippen molar-refractivity contribution in [2.45, 2.75) is 39.4 Å². The second-order valence-electron chi connectivity index (χ2n) is 6.16. The largest absolute Gasteiger partial charge is 0.324 e. The highest BCUT2D eigenvalue weighted by Crippen LogP contribution is 2.12. The van der Waals surface area contributed by atoms with Crippen molar-refractivity contribution in [3.05, 3.63) is 71.8 Å². The molecule has 24 heavy (non-hydrogen) atoms. The molecule has 2 aromatic rings. The van der Waals surface area contributed by atoms with E-state index in [1.807, 2.05) is 43.3 Å². The van der Waals surface area contributed by atoms with Crippen LogP contribution in [0.3, 0.4) is 0 Å². The van der Waals surface area contributed by atoms with Gasteiger partial charge in [0.25, 0.3) is 0 Å². The van der Waals surface area contributed by atoms with Gasteiger partial charge in [0.2, 0.25) is 0 Å². The summed E-state index contributed by atoms with van der Waals surface area (Å²) < 4.78 is 2.20. The molecule has 0 spiro atoms. The number of rotatable bonds is 8. The molecular weight excluding hydrogens is 312 g/mol. The van der Waals surface area contributed by atoms with Gasteiger partial charge in [-0.05, 0) is 11.1 Å². The monoisotopic (exact) mass is 338 g/mol. The summed E-state index contributed by atoms with van der Waals surface area (Å²) in [5.41, 5.74) is 3.16. The predicted molar refractivity (Wildman–Crippen MR) is 104 cm³/mol. The highest BCUT2D eigenvalue weighted by atomic mass is 28.3. The molecular formula is C20H26N2OSi. The van der Waals surface area contributed by atoms with E-state index in [-0.39, 0.29) is 5.78 Å². The summed E-state index contributed by atoms with van der Waals surface area (Å²) in [5.74, 6) is 0.225. The van der Waals surface area contributed by atoms with Crippen LogP contribution in [0.25, 0.3) is 0 Å². The molecule has 0 fully saturated rings. The predicted octanol–water partition coefficient (Wildman–Crippen LogP) is 4.25. The normalized spacial score (nSPS) is 11.6. The number of Topliss-reactive ketones (excluding diaryl/α,β-unsaturated/α-hetero) is 1. The molecule has 0 aliphatic heterocycles. The van der Waals surface area contributed by atoms with Crippen molar-refractivity contribution in [3.63, 3.8) is 0 Å². The number of hydrogen-bond acceptors (Lipinski definition) is 3. The van der Waals surface area contributed by atoms with Gasteiger partial charge in [-0.25, -0.2) is 0 Å². The van der Waals surface area contributed by atoms with Gasteiger partial charge < -0.3 is 4.67 Å².